The number of aryl methyl sites for hydroxylation is 1. The van der Waals surface area contributed by atoms with Crippen molar-refractivity contribution in [2.45, 2.75) is 23.6 Å². The summed E-state index contributed by atoms with van der Waals surface area (Å²) in [5.41, 5.74) is 1.01. The van der Waals surface area contributed by atoms with E-state index in [9.17, 15) is 18.3 Å². The zero-order valence-electron chi connectivity index (χ0n) is 17.6. The van der Waals surface area contributed by atoms with Crippen LogP contribution in [0.5, 0.6) is 17.2 Å². The minimum Gasteiger partial charge on any atom is -0.507 e. The number of sulfone groups is 1. The first-order valence-electron chi connectivity index (χ1n) is 9.36. The molecule has 0 bridgehead atoms. The van der Waals surface area contributed by atoms with E-state index >= 15 is 0 Å². The number of hydrogen-bond acceptors (Lipinski definition) is 6. The summed E-state index contributed by atoms with van der Waals surface area (Å²) < 4.78 is 37.0. The zero-order valence-corrected chi connectivity index (χ0v) is 18.4. The van der Waals surface area contributed by atoms with Crippen molar-refractivity contribution in [2.24, 2.45) is 0 Å². The van der Waals surface area contributed by atoms with Gasteiger partial charge in [-0.25, -0.2) is 8.42 Å². The molecule has 0 unspecified atom stereocenters. The van der Waals surface area contributed by atoms with Crippen LogP contribution in [0.3, 0.4) is 0 Å². The summed E-state index contributed by atoms with van der Waals surface area (Å²) in [4.78, 5) is 12.6. The fraction of sp³-hybridized carbons (Fsp3) is 0.174. The lowest BCUT2D eigenvalue weighted by atomic mass is 10.1. The molecule has 0 radical (unpaired) electrons. The molecule has 0 atom stereocenters. The Kier molecular flexibility index (Phi) is 6.21. The second kappa shape index (κ2) is 8.69. The zero-order chi connectivity index (χ0) is 22.8. The van der Waals surface area contributed by atoms with E-state index in [1.165, 1.54) is 51.5 Å². The van der Waals surface area contributed by atoms with E-state index in [4.69, 9.17) is 9.47 Å². The highest BCUT2D eigenvalue weighted by Gasteiger charge is 2.27. The Morgan fingerprint density at radius 3 is 1.94 bits per heavy atom. The molecule has 3 aromatic carbocycles. The number of rotatable bonds is 6. The Labute approximate surface area is 181 Å². The molecule has 0 aliphatic carbocycles. The Morgan fingerprint density at radius 1 is 0.903 bits per heavy atom. The molecule has 3 aromatic rings. The molecule has 0 saturated heterocycles. The van der Waals surface area contributed by atoms with E-state index in [1.54, 1.807) is 31.2 Å². The number of hydrogen-bond donors (Lipinski definition) is 2. The van der Waals surface area contributed by atoms with E-state index in [2.05, 4.69) is 5.32 Å². The first-order chi connectivity index (χ1) is 14.7. The number of phenols is 1. The number of nitrogens with one attached hydrogen (secondary N) is 1. The van der Waals surface area contributed by atoms with Gasteiger partial charge in [0.15, 0.2) is 0 Å². The summed E-state index contributed by atoms with van der Waals surface area (Å²) in [5, 5.41) is 13.1. The summed E-state index contributed by atoms with van der Waals surface area (Å²) in [6, 6.07) is 13.8. The van der Waals surface area contributed by atoms with Gasteiger partial charge in [-0.3, -0.25) is 4.79 Å². The standard InChI is InChI=1S/C23H23NO6S/c1-14-13-20(24-23(26)16-5-7-17(29-3)8-6-16)22(15(2)21(14)25)31(27,28)19-11-9-18(30-4)10-12-19/h5-13,25H,1-4H3,(H,24,26). The molecule has 7 nitrogen and oxygen atoms in total. The van der Waals surface area contributed by atoms with Crippen molar-refractivity contribution in [3.63, 3.8) is 0 Å². The van der Waals surface area contributed by atoms with Crippen LogP contribution in [0, 0.1) is 13.8 Å². The first kappa shape index (κ1) is 22.2. The van der Waals surface area contributed by atoms with Crippen molar-refractivity contribution in [2.75, 3.05) is 19.5 Å². The van der Waals surface area contributed by atoms with Crippen LogP contribution >= 0.6 is 0 Å². The molecule has 3 rings (SSSR count). The number of amides is 1. The Hall–Kier alpha value is -3.52. The number of anilines is 1. The number of methoxy groups -OCH3 is 2. The molecule has 8 heteroatoms. The molecule has 0 aliphatic rings. The van der Waals surface area contributed by atoms with Crippen molar-refractivity contribution in [3.05, 3.63) is 71.3 Å². The maximum Gasteiger partial charge on any atom is 0.255 e. The summed E-state index contributed by atoms with van der Waals surface area (Å²) in [6.07, 6.45) is 0. The van der Waals surface area contributed by atoms with Gasteiger partial charge in [0.05, 0.1) is 24.8 Å². The molecule has 0 fully saturated rings. The van der Waals surface area contributed by atoms with Crippen LogP contribution in [0.4, 0.5) is 5.69 Å². The third-order valence-electron chi connectivity index (χ3n) is 4.91. The molecule has 0 aliphatic heterocycles. The van der Waals surface area contributed by atoms with Gasteiger partial charge in [0.2, 0.25) is 9.84 Å². The highest BCUT2D eigenvalue weighted by Crippen LogP contribution is 2.38. The van der Waals surface area contributed by atoms with E-state index < -0.39 is 15.7 Å². The van der Waals surface area contributed by atoms with Crippen molar-refractivity contribution in [1.82, 2.24) is 0 Å². The highest BCUT2D eigenvalue weighted by molar-refractivity contribution is 7.91. The third kappa shape index (κ3) is 4.34. The van der Waals surface area contributed by atoms with Gasteiger partial charge in [-0.15, -0.1) is 0 Å². The predicted molar refractivity (Wildman–Crippen MR) is 117 cm³/mol. The fourth-order valence-corrected chi connectivity index (χ4v) is 4.83. The highest BCUT2D eigenvalue weighted by atomic mass is 32.2. The minimum absolute atomic E-state index is 0.0135. The van der Waals surface area contributed by atoms with Crippen LogP contribution in [0.25, 0.3) is 0 Å². The van der Waals surface area contributed by atoms with E-state index in [-0.39, 0.29) is 26.8 Å². The van der Waals surface area contributed by atoms with E-state index in [0.29, 0.717) is 22.6 Å². The van der Waals surface area contributed by atoms with Gasteiger partial charge < -0.3 is 19.9 Å². The van der Waals surface area contributed by atoms with Crippen molar-refractivity contribution in [1.29, 1.82) is 0 Å². The summed E-state index contributed by atoms with van der Waals surface area (Å²) >= 11 is 0. The lowest BCUT2D eigenvalue weighted by Crippen LogP contribution is -2.16. The SMILES string of the molecule is COc1ccc(C(=O)Nc2cc(C)c(O)c(C)c2S(=O)(=O)c2ccc(OC)cc2)cc1. The van der Waals surface area contributed by atoms with Crippen LogP contribution < -0.4 is 14.8 Å². The Balaban J connectivity index is 2.09. The maximum atomic E-state index is 13.4. The van der Waals surface area contributed by atoms with Crippen molar-refractivity contribution >= 4 is 21.4 Å². The molecule has 2 N–H and O–H groups in total. The predicted octanol–water partition coefficient (Wildman–Crippen LogP) is 4.11. The molecule has 1 amide bonds. The monoisotopic (exact) mass is 441 g/mol. The number of carbonyl (C=O) groups is 1. The number of phenolic OH excluding ortho intramolecular Hbond substituents is 1. The number of benzene rings is 3. The fourth-order valence-electron chi connectivity index (χ4n) is 3.20. The van der Waals surface area contributed by atoms with Gasteiger partial charge in [-0.05, 0) is 74.0 Å². The minimum atomic E-state index is -4.05. The molecule has 0 aromatic heterocycles. The summed E-state index contributed by atoms with van der Waals surface area (Å²) in [5.74, 6) is 0.471. The summed E-state index contributed by atoms with van der Waals surface area (Å²) in [7, 11) is -1.05. The molecular formula is C23H23NO6S. The Morgan fingerprint density at radius 2 is 1.42 bits per heavy atom. The van der Waals surface area contributed by atoms with Crippen LogP contribution in [0.15, 0.2) is 64.4 Å². The molecule has 0 heterocycles. The number of carbonyl (C=O) groups excluding carboxylic acids is 1. The molecule has 162 valence electrons. The van der Waals surface area contributed by atoms with Gasteiger partial charge in [0.25, 0.3) is 5.91 Å². The average molecular weight is 442 g/mol. The van der Waals surface area contributed by atoms with Gasteiger partial charge in [0, 0.05) is 11.1 Å². The largest absolute Gasteiger partial charge is 0.507 e. The third-order valence-corrected chi connectivity index (χ3v) is 6.87. The average Bonchev–Trinajstić information content (AvgIpc) is 2.77. The van der Waals surface area contributed by atoms with E-state index in [1.807, 2.05) is 0 Å². The number of aromatic hydroxyl groups is 1. The molecule has 31 heavy (non-hydrogen) atoms. The molecule has 0 spiro atoms. The topological polar surface area (TPSA) is 102 Å². The Bertz CT molecular complexity index is 1220. The van der Waals surface area contributed by atoms with Gasteiger partial charge in [-0.1, -0.05) is 0 Å². The van der Waals surface area contributed by atoms with Gasteiger partial charge >= 0.3 is 0 Å². The van der Waals surface area contributed by atoms with Crippen LogP contribution in [-0.2, 0) is 9.84 Å². The van der Waals surface area contributed by atoms with Crippen LogP contribution in [0.1, 0.15) is 21.5 Å². The van der Waals surface area contributed by atoms with Gasteiger partial charge in [0.1, 0.15) is 22.1 Å². The lowest BCUT2D eigenvalue weighted by Gasteiger charge is -2.17. The first-order valence-corrected chi connectivity index (χ1v) is 10.8. The van der Waals surface area contributed by atoms with Crippen molar-refractivity contribution in [3.8, 4) is 17.2 Å². The van der Waals surface area contributed by atoms with Crippen molar-refractivity contribution < 1.29 is 27.8 Å². The summed E-state index contributed by atoms with van der Waals surface area (Å²) in [6.45, 7) is 3.14. The smallest absolute Gasteiger partial charge is 0.255 e. The van der Waals surface area contributed by atoms with E-state index in [0.717, 1.165) is 0 Å². The number of ether oxygens (including phenoxy) is 2. The maximum absolute atomic E-state index is 13.4. The lowest BCUT2D eigenvalue weighted by molar-refractivity contribution is 0.102. The van der Waals surface area contributed by atoms with Crippen LogP contribution in [0.2, 0.25) is 0 Å². The molecule has 0 saturated carbocycles. The molecular weight excluding hydrogens is 418 g/mol. The van der Waals surface area contributed by atoms with Gasteiger partial charge in [-0.2, -0.15) is 0 Å². The van der Waals surface area contributed by atoms with Crippen LogP contribution in [-0.4, -0.2) is 33.7 Å². The second-order valence-corrected chi connectivity index (χ2v) is 8.79. The quantitative estimate of drug-likeness (QED) is 0.558. The second-order valence-electron chi connectivity index (χ2n) is 6.91. The normalized spacial score (nSPS) is 11.1.